The van der Waals surface area contributed by atoms with Crippen LogP contribution < -0.4 is 5.32 Å². The average molecular weight is 262 g/mol. The molecule has 1 saturated heterocycles. The number of aryl methyl sites for hydroxylation is 1. The second-order valence-corrected chi connectivity index (χ2v) is 5.29. The van der Waals surface area contributed by atoms with Gasteiger partial charge in [-0.15, -0.1) is 0 Å². The summed E-state index contributed by atoms with van der Waals surface area (Å²) in [6.07, 6.45) is 0.963. The Morgan fingerprint density at radius 3 is 2.84 bits per heavy atom. The first kappa shape index (κ1) is 13.9. The molecule has 19 heavy (non-hydrogen) atoms. The maximum atomic E-state index is 12.6. The van der Waals surface area contributed by atoms with Crippen LogP contribution in [-0.2, 0) is 0 Å². The predicted molar refractivity (Wildman–Crippen MR) is 76.4 cm³/mol. The Balaban J connectivity index is 2.24. The van der Waals surface area contributed by atoms with Crippen LogP contribution in [0.25, 0.3) is 0 Å². The molecule has 1 fully saturated rings. The molecule has 0 bridgehead atoms. The summed E-state index contributed by atoms with van der Waals surface area (Å²) in [7, 11) is 1.86. The molecule has 1 amide bonds. The van der Waals surface area contributed by atoms with Gasteiger partial charge in [0.15, 0.2) is 0 Å². The number of amides is 1. The SMILES string of the molecule is CNc1ccc(C(=O)N2CCC(C)C2CO)c(C)c1. The number of aliphatic hydroxyl groups excluding tert-OH is 1. The Kier molecular flexibility index (Phi) is 4.10. The van der Waals surface area contributed by atoms with E-state index in [4.69, 9.17) is 0 Å². The zero-order valence-corrected chi connectivity index (χ0v) is 11.8. The molecule has 1 aromatic carbocycles. The highest BCUT2D eigenvalue weighted by Crippen LogP contribution is 2.26. The molecule has 104 valence electrons. The van der Waals surface area contributed by atoms with Gasteiger partial charge in [-0.2, -0.15) is 0 Å². The number of aliphatic hydroxyl groups is 1. The monoisotopic (exact) mass is 262 g/mol. The van der Waals surface area contributed by atoms with E-state index in [-0.39, 0.29) is 18.6 Å². The first-order valence-electron chi connectivity index (χ1n) is 6.78. The van der Waals surface area contributed by atoms with Crippen molar-refractivity contribution >= 4 is 11.6 Å². The summed E-state index contributed by atoms with van der Waals surface area (Å²) in [5.74, 6) is 0.398. The molecule has 0 saturated carbocycles. The molecule has 2 rings (SSSR count). The Morgan fingerprint density at radius 1 is 1.53 bits per heavy atom. The Bertz CT molecular complexity index is 473. The summed E-state index contributed by atoms with van der Waals surface area (Å²) in [5.41, 5.74) is 2.70. The Morgan fingerprint density at radius 2 is 2.26 bits per heavy atom. The van der Waals surface area contributed by atoms with E-state index in [2.05, 4.69) is 12.2 Å². The minimum absolute atomic E-state index is 0.0311. The van der Waals surface area contributed by atoms with Crippen LogP contribution in [-0.4, -0.2) is 42.2 Å². The van der Waals surface area contributed by atoms with Gasteiger partial charge in [0.25, 0.3) is 5.91 Å². The van der Waals surface area contributed by atoms with E-state index in [0.29, 0.717) is 5.92 Å². The largest absolute Gasteiger partial charge is 0.394 e. The smallest absolute Gasteiger partial charge is 0.254 e. The van der Waals surface area contributed by atoms with Crippen molar-refractivity contribution in [3.05, 3.63) is 29.3 Å². The summed E-state index contributed by atoms with van der Waals surface area (Å²) in [6, 6.07) is 5.70. The quantitative estimate of drug-likeness (QED) is 0.874. The van der Waals surface area contributed by atoms with Gasteiger partial charge in [-0.3, -0.25) is 4.79 Å². The third-order valence-electron chi connectivity index (χ3n) is 4.08. The zero-order chi connectivity index (χ0) is 14.0. The third kappa shape index (κ3) is 2.59. The lowest BCUT2D eigenvalue weighted by Gasteiger charge is -2.26. The highest BCUT2D eigenvalue weighted by Gasteiger charge is 2.34. The number of benzene rings is 1. The molecule has 4 heteroatoms. The van der Waals surface area contributed by atoms with Crippen molar-refractivity contribution in [3.8, 4) is 0 Å². The maximum Gasteiger partial charge on any atom is 0.254 e. The van der Waals surface area contributed by atoms with E-state index in [1.165, 1.54) is 0 Å². The molecule has 2 N–H and O–H groups in total. The fraction of sp³-hybridized carbons (Fsp3) is 0.533. The summed E-state index contributed by atoms with van der Waals surface area (Å²) in [5, 5.41) is 12.5. The van der Waals surface area contributed by atoms with Gasteiger partial charge in [0.1, 0.15) is 0 Å². The Hall–Kier alpha value is -1.55. The molecule has 1 aromatic rings. The van der Waals surface area contributed by atoms with E-state index < -0.39 is 0 Å². The van der Waals surface area contributed by atoms with Crippen molar-refractivity contribution < 1.29 is 9.90 Å². The molecule has 4 nitrogen and oxygen atoms in total. The van der Waals surface area contributed by atoms with E-state index in [0.717, 1.165) is 29.8 Å². The van der Waals surface area contributed by atoms with Gasteiger partial charge in [0.2, 0.25) is 0 Å². The minimum Gasteiger partial charge on any atom is -0.394 e. The molecule has 0 spiro atoms. The summed E-state index contributed by atoms with van der Waals surface area (Å²) < 4.78 is 0. The molecule has 2 unspecified atom stereocenters. The topological polar surface area (TPSA) is 52.6 Å². The molecule has 0 aliphatic carbocycles. The Labute approximate surface area is 114 Å². The van der Waals surface area contributed by atoms with Crippen LogP contribution in [0.5, 0.6) is 0 Å². The molecule has 0 radical (unpaired) electrons. The molecule has 1 heterocycles. The van der Waals surface area contributed by atoms with Crippen molar-refractivity contribution in [1.82, 2.24) is 4.90 Å². The van der Waals surface area contributed by atoms with Crippen LogP contribution in [0, 0.1) is 12.8 Å². The fourth-order valence-corrected chi connectivity index (χ4v) is 2.75. The highest BCUT2D eigenvalue weighted by atomic mass is 16.3. The van der Waals surface area contributed by atoms with E-state index in [1.54, 1.807) is 0 Å². The number of likely N-dealkylation sites (tertiary alicyclic amines) is 1. The fourth-order valence-electron chi connectivity index (χ4n) is 2.75. The van der Waals surface area contributed by atoms with Gasteiger partial charge >= 0.3 is 0 Å². The molecule has 1 aliphatic heterocycles. The van der Waals surface area contributed by atoms with Crippen LogP contribution >= 0.6 is 0 Å². The molecule has 0 aromatic heterocycles. The number of nitrogens with zero attached hydrogens (tertiary/aromatic N) is 1. The van der Waals surface area contributed by atoms with E-state index in [9.17, 15) is 9.90 Å². The number of carbonyl (C=O) groups excluding carboxylic acids is 1. The third-order valence-corrected chi connectivity index (χ3v) is 4.08. The van der Waals surface area contributed by atoms with Gasteiger partial charge < -0.3 is 15.3 Å². The van der Waals surface area contributed by atoms with E-state index >= 15 is 0 Å². The van der Waals surface area contributed by atoms with Crippen molar-refractivity contribution in [2.24, 2.45) is 5.92 Å². The summed E-state index contributed by atoms with van der Waals surface area (Å²) >= 11 is 0. The summed E-state index contributed by atoms with van der Waals surface area (Å²) in [6.45, 7) is 4.81. The number of rotatable bonds is 3. The molecular formula is C15H22N2O2. The second kappa shape index (κ2) is 5.61. The van der Waals surface area contributed by atoms with Crippen molar-refractivity contribution in [3.63, 3.8) is 0 Å². The van der Waals surface area contributed by atoms with Crippen molar-refractivity contribution in [1.29, 1.82) is 0 Å². The predicted octanol–water partition coefficient (Wildman–Crippen LogP) is 1.88. The standard InChI is InChI=1S/C15H22N2O2/c1-10-6-7-17(14(10)9-18)15(19)13-5-4-12(16-3)8-11(13)2/h4-5,8,10,14,16,18H,6-7,9H2,1-3H3. The summed E-state index contributed by atoms with van der Waals surface area (Å²) in [4.78, 5) is 14.4. The van der Waals surface area contributed by atoms with Crippen LogP contribution in [0.1, 0.15) is 29.3 Å². The number of hydrogen-bond acceptors (Lipinski definition) is 3. The zero-order valence-electron chi connectivity index (χ0n) is 11.8. The second-order valence-electron chi connectivity index (χ2n) is 5.29. The van der Waals surface area contributed by atoms with Crippen molar-refractivity contribution in [2.75, 3.05) is 25.5 Å². The number of nitrogens with one attached hydrogen (secondary N) is 1. The van der Waals surface area contributed by atoms with Gasteiger partial charge in [-0.05, 0) is 43.0 Å². The normalized spacial score (nSPS) is 22.6. The number of carbonyl (C=O) groups is 1. The van der Waals surface area contributed by atoms with E-state index in [1.807, 2.05) is 37.1 Å². The highest BCUT2D eigenvalue weighted by molar-refractivity contribution is 5.96. The van der Waals surface area contributed by atoms with Crippen LogP contribution in [0.2, 0.25) is 0 Å². The van der Waals surface area contributed by atoms with Crippen LogP contribution in [0.3, 0.4) is 0 Å². The van der Waals surface area contributed by atoms with Crippen LogP contribution in [0.15, 0.2) is 18.2 Å². The number of anilines is 1. The average Bonchev–Trinajstić information content (AvgIpc) is 2.78. The maximum absolute atomic E-state index is 12.6. The van der Waals surface area contributed by atoms with Gasteiger partial charge in [-0.1, -0.05) is 6.92 Å². The van der Waals surface area contributed by atoms with Gasteiger partial charge in [0, 0.05) is 24.8 Å². The minimum atomic E-state index is -0.0455. The molecule has 2 atom stereocenters. The van der Waals surface area contributed by atoms with Crippen molar-refractivity contribution in [2.45, 2.75) is 26.3 Å². The van der Waals surface area contributed by atoms with Gasteiger partial charge in [-0.25, -0.2) is 0 Å². The first-order valence-corrected chi connectivity index (χ1v) is 6.78. The van der Waals surface area contributed by atoms with Crippen LogP contribution in [0.4, 0.5) is 5.69 Å². The molecular weight excluding hydrogens is 240 g/mol. The lowest BCUT2D eigenvalue weighted by atomic mass is 10.0. The number of hydrogen-bond donors (Lipinski definition) is 2. The lowest BCUT2D eigenvalue weighted by molar-refractivity contribution is 0.0647. The lowest BCUT2D eigenvalue weighted by Crippen LogP contribution is -2.40. The first-order chi connectivity index (χ1) is 9.08. The van der Waals surface area contributed by atoms with Gasteiger partial charge in [0.05, 0.1) is 12.6 Å². The molecule has 1 aliphatic rings.